The molecule has 0 saturated carbocycles. The van der Waals surface area contributed by atoms with Crippen molar-refractivity contribution in [3.05, 3.63) is 46.3 Å². The topological polar surface area (TPSA) is 81.1 Å². The Bertz CT molecular complexity index is 1160. The third kappa shape index (κ3) is 6.37. The van der Waals surface area contributed by atoms with Gasteiger partial charge in [-0.2, -0.15) is 0 Å². The quantitative estimate of drug-likeness (QED) is 0.331. The van der Waals surface area contributed by atoms with Crippen molar-refractivity contribution in [1.82, 2.24) is 4.90 Å². The average molecular weight is 582 g/mol. The minimum absolute atomic E-state index is 0. The predicted molar refractivity (Wildman–Crippen MR) is 148 cm³/mol. The maximum atomic E-state index is 15.4. The summed E-state index contributed by atoms with van der Waals surface area (Å²) in [6.07, 6.45) is -0.111. The molecule has 1 aliphatic heterocycles. The second-order valence-corrected chi connectivity index (χ2v) is 10.0. The Hall–Kier alpha value is -2.81. The number of benzene rings is 2. The van der Waals surface area contributed by atoms with E-state index in [1.807, 2.05) is 47.6 Å². The lowest BCUT2D eigenvalue weighted by Gasteiger charge is -2.26. The van der Waals surface area contributed by atoms with Crippen LogP contribution in [0, 0.1) is 11.2 Å². The van der Waals surface area contributed by atoms with Crippen molar-refractivity contribution < 1.29 is 28.1 Å². The summed E-state index contributed by atoms with van der Waals surface area (Å²) >= 11 is 0. The van der Waals surface area contributed by atoms with Gasteiger partial charge in [-0.15, -0.1) is 17.0 Å². The lowest BCUT2D eigenvalue weighted by atomic mass is 9.84. The summed E-state index contributed by atoms with van der Waals surface area (Å²) in [6.45, 7) is 14.3. The monoisotopic (exact) mass is 580 g/mol. The molecule has 204 valence electrons. The molecule has 1 heterocycles. The van der Waals surface area contributed by atoms with Crippen molar-refractivity contribution in [1.29, 1.82) is 5.41 Å². The van der Waals surface area contributed by atoms with Crippen LogP contribution in [-0.2, 0) is 12.0 Å². The van der Waals surface area contributed by atoms with Crippen molar-refractivity contribution in [3.63, 3.8) is 0 Å². The predicted octanol–water partition coefficient (Wildman–Crippen LogP) is 6.32. The van der Waals surface area contributed by atoms with E-state index in [-0.39, 0.29) is 71.1 Å². The van der Waals surface area contributed by atoms with Gasteiger partial charge in [-0.25, -0.2) is 4.39 Å². The van der Waals surface area contributed by atoms with Gasteiger partial charge in [0.1, 0.15) is 5.84 Å². The second-order valence-electron chi connectivity index (χ2n) is 10.0. The van der Waals surface area contributed by atoms with Crippen molar-refractivity contribution in [2.24, 2.45) is 0 Å². The summed E-state index contributed by atoms with van der Waals surface area (Å²) in [5, 5.41) is 8.62. The molecule has 0 saturated heterocycles. The molecule has 37 heavy (non-hydrogen) atoms. The number of halogens is 2. The molecule has 0 atom stereocenters. The number of carbonyl (C=O) groups is 1. The van der Waals surface area contributed by atoms with E-state index in [2.05, 4.69) is 0 Å². The van der Waals surface area contributed by atoms with Crippen LogP contribution < -0.4 is 18.9 Å². The zero-order valence-corrected chi connectivity index (χ0v) is 24.6. The number of nitrogens with one attached hydrogen (secondary N) is 1. The molecule has 0 amide bonds. The molecule has 0 bridgehead atoms. The van der Waals surface area contributed by atoms with Gasteiger partial charge in [0.15, 0.2) is 34.6 Å². The number of amidine groups is 1. The first-order valence-electron chi connectivity index (χ1n) is 12.3. The SMILES string of the molecule is Br.CCOc1cc2c(c(F)c1OCC)C(=N)N(CC(=O)c1cc(OC(C)C)c(OC)c(C(C)(C)C)c1)C2. The zero-order chi connectivity index (χ0) is 26.8. The number of methoxy groups -OCH3 is 1. The number of ketones is 1. The van der Waals surface area contributed by atoms with E-state index in [1.165, 1.54) is 0 Å². The fraction of sp³-hybridized carbons (Fsp3) is 0.500. The lowest BCUT2D eigenvalue weighted by molar-refractivity contribution is 0.0961. The van der Waals surface area contributed by atoms with Crippen molar-refractivity contribution >= 4 is 28.6 Å². The summed E-state index contributed by atoms with van der Waals surface area (Å²) in [4.78, 5) is 15.0. The van der Waals surface area contributed by atoms with Gasteiger partial charge in [0.2, 0.25) is 0 Å². The smallest absolute Gasteiger partial charge is 0.197 e. The Balaban J connectivity index is 0.00000481. The van der Waals surface area contributed by atoms with Crippen LogP contribution in [0.5, 0.6) is 23.0 Å². The Morgan fingerprint density at radius 3 is 2.27 bits per heavy atom. The molecule has 0 spiro atoms. The van der Waals surface area contributed by atoms with E-state index in [0.29, 0.717) is 35.0 Å². The van der Waals surface area contributed by atoms with Crippen LogP contribution in [0.15, 0.2) is 18.2 Å². The molecule has 0 aliphatic carbocycles. The van der Waals surface area contributed by atoms with Gasteiger partial charge in [-0.3, -0.25) is 10.2 Å². The van der Waals surface area contributed by atoms with E-state index in [1.54, 1.807) is 31.1 Å². The van der Waals surface area contributed by atoms with E-state index in [0.717, 1.165) is 5.56 Å². The fourth-order valence-electron chi connectivity index (χ4n) is 4.30. The number of ether oxygens (including phenoxy) is 4. The van der Waals surface area contributed by atoms with Crippen LogP contribution in [0.3, 0.4) is 0 Å². The molecule has 1 N–H and O–H groups in total. The molecule has 7 nitrogen and oxygen atoms in total. The van der Waals surface area contributed by atoms with Crippen LogP contribution >= 0.6 is 17.0 Å². The number of fused-ring (bicyclic) bond motifs is 1. The number of hydrogen-bond acceptors (Lipinski definition) is 6. The average Bonchev–Trinajstić information content (AvgIpc) is 3.09. The molecule has 0 radical (unpaired) electrons. The molecule has 2 aromatic rings. The molecule has 2 aromatic carbocycles. The molecule has 1 aliphatic rings. The maximum absolute atomic E-state index is 15.4. The van der Waals surface area contributed by atoms with E-state index >= 15 is 4.39 Å². The van der Waals surface area contributed by atoms with Crippen molar-refractivity contribution in [2.45, 2.75) is 66.5 Å². The van der Waals surface area contributed by atoms with Gasteiger partial charge in [-0.05, 0) is 56.9 Å². The molecular formula is C28H38BrFN2O5. The third-order valence-electron chi connectivity index (χ3n) is 5.86. The number of nitrogens with zero attached hydrogens (tertiary/aromatic N) is 1. The van der Waals surface area contributed by atoms with Crippen LogP contribution in [0.1, 0.15) is 75.5 Å². The first kappa shape index (κ1) is 30.4. The molecular weight excluding hydrogens is 543 g/mol. The minimum Gasteiger partial charge on any atom is -0.493 e. The van der Waals surface area contributed by atoms with Gasteiger partial charge in [0.05, 0.1) is 38.5 Å². The molecule has 9 heteroatoms. The molecule has 3 rings (SSSR count). The highest BCUT2D eigenvalue weighted by atomic mass is 79.9. The van der Waals surface area contributed by atoms with Crippen molar-refractivity contribution in [2.75, 3.05) is 26.9 Å². The zero-order valence-electron chi connectivity index (χ0n) is 22.9. The summed E-state index contributed by atoms with van der Waals surface area (Å²) in [5.41, 5.74) is 1.72. The van der Waals surface area contributed by atoms with Gasteiger partial charge in [0.25, 0.3) is 0 Å². The summed E-state index contributed by atoms with van der Waals surface area (Å²) < 4.78 is 38.1. The normalized spacial score (nSPS) is 12.8. The van der Waals surface area contributed by atoms with Crippen molar-refractivity contribution in [3.8, 4) is 23.0 Å². The van der Waals surface area contributed by atoms with E-state index in [4.69, 9.17) is 24.4 Å². The largest absolute Gasteiger partial charge is 0.493 e. The summed E-state index contributed by atoms with van der Waals surface area (Å²) in [7, 11) is 1.59. The van der Waals surface area contributed by atoms with E-state index < -0.39 is 5.82 Å². The minimum atomic E-state index is -0.634. The van der Waals surface area contributed by atoms with Gasteiger partial charge in [-0.1, -0.05) is 20.8 Å². The maximum Gasteiger partial charge on any atom is 0.197 e. The van der Waals surface area contributed by atoms with Crippen LogP contribution in [0.2, 0.25) is 0 Å². The standard InChI is InChI=1S/C28H37FN2O5.BrH/c1-9-34-21-13-18-14-31(27(30)23(18)24(29)26(21)35-10-2)15-20(32)17-11-19(28(5,6)7)25(33-8)22(12-17)36-16(3)4;/h11-13,16,30H,9-10,14-15H2,1-8H3;1H. The highest BCUT2D eigenvalue weighted by Gasteiger charge is 2.33. The Labute approximate surface area is 229 Å². The summed E-state index contributed by atoms with van der Waals surface area (Å²) in [6, 6.07) is 5.21. The molecule has 0 unspecified atom stereocenters. The van der Waals surface area contributed by atoms with Crippen LogP contribution in [0.25, 0.3) is 0 Å². The first-order chi connectivity index (χ1) is 16.9. The van der Waals surface area contributed by atoms with Gasteiger partial charge >= 0.3 is 0 Å². The van der Waals surface area contributed by atoms with Gasteiger partial charge < -0.3 is 23.8 Å². The van der Waals surface area contributed by atoms with E-state index in [9.17, 15) is 4.79 Å². The Morgan fingerprint density at radius 1 is 1.08 bits per heavy atom. The second kappa shape index (κ2) is 12.2. The number of carbonyl (C=O) groups excluding carboxylic acids is 1. The van der Waals surface area contributed by atoms with Gasteiger partial charge in [0, 0.05) is 17.7 Å². The Morgan fingerprint density at radius 2 is 1.73 bits per heavy atom. The first-order valence-corrected chi connectivity index (χ1v) is 12.3. The Kier molecular flexibility index (Phi) is 9.99. The van der Waals surface area contributed by atoms with Crippen LogP contribution in [0.4, 0.5) is 4.39 Å². The highest BCUT2D eigenvalue weighted by Crippen LogP contribution is 2.41. The molecule has 0 fully saturated rings. The fourth-order valence-corrected chi connectivity index (χ4v) is 4.30. The third-order valence-corrected chi connectivity index (χ3v) is 5.86. The number of rotatable bonds is 10. The lowest BCUT2D eigenvalue weighted by Crippen LogP contribution is -2.30. The number of hydrogen-bond donors (Lipinski definition) is 1. The summed E-state index contributed by atoms with van der Waals surface area (Å²) in [5.74, 6) is 0.506. The number of Topliss-reactive ketones (excluding diaryl/α,β-unsaturated/α-hetero) is 1. The highest BCUT2D eigenvalue weighted by molar-refractivity contribution is 8.93. The molecule has 0 aromatic heterocycles. The van der Waals surface area contributed by atoms with Crippen LogP contribution in [-0.4, -0.2) is 49.5 Å².